The minimum Gasteiger partial charge on any atom is -0.491 e. The second-order valence-electron chi connectivity index (χ2n) is 4.09. The molecule has 86 valence electrons. The third-order valence-electron chi connectivity index (χ3n) is 2.57. The van der Waals surface area contributed by atoms with E-state index in [0.29, 0.717) is 0 Å². The van der Waals surface area contributed by atoms with Crippen molar-refractivity contribution in [1.29, 1.82) is 0 Å². The highest BCUT2D eigenvalue weighted by Gasteiger charge is 2.03. The molecule has 0 aliphatic carbocycles. The van der Waals surface area contributed by atoms with Crippen molar-refractivity contribution in [2.45, 2.75) is 45.6 Å². The van der Waals surface area contributed by atoms with E-state index in [-0.39, 0.29) is 6.10 Å². The highest BCUT2D eigenvalue weighted by molar-refractivity contribution is 5.36. The Labute approximate surface area is 98.8 Å². The summed E-state index contributed by atoms with van der Waals surface area (Å²) in [5.74, 6) is 3.50. The van der Waals surface area contributed by atoms with E-state index in [4.69, 9.17) is 11.2 Å². The van der Waals surface area contributed by atoms with Gasteiger partial charge in [0.2, 0.25) is 0 Å². The summed E-state index contributed by atoms with van der Waals surface area (Å²) < 4.78 is 5.79. The molecule has 0 bridgehead atoms. The van der Waals surface area contributed by atoms with Gasteiger partial charge >= 0.3 is 0 Å². The monoisotopic (exact) mass is 216 g/mol. The highest BCUT2D eigenvalue weighted by Crippen LogP contribution is 2.15. The molecule has 0 spiro atoms. The summed E-state index contributed by atoms with van der Waals surface area (Å²) in [5, 5.41) is 0. The molecule has 0 fully saturated rings. The molecule has 0 radical (unpaired) electrons. The van der Waals surface area contributed by atoms with Gasteiger partial charge in [-0.1, -0.05) is 25.7 Å². The predicted molar refractivity (Wildman–Crippen MR) is 68.6 cm³/mol. The number of terminal acetylenes is 1. The van der Waals surface area contributed by atoms with Gasteiger partial charge in [-0.15, -0.1) is 6.42 Å². The molecule has 1 rings (SSSR count). The van der Waals surface area contributed by atoms with E-state index in [0.717, 1.165) is 17.7 Å². The molecule has 0 unspecified atom stereocenters. The molecule has 1 aromatic carbocycles. The van der Waals surface area contributed by atoms with Gasteiger partial charge in [0.15, 0.2) is 0 Å². The van der Waals surface area contributed by atoms with Crippen LogP contribution in [0.15, 0.2) is 24.3 Å². The second-order valence-corrected chi connectivity index (χ2v) is 4.09. The number of ether oxygens (including phenoxy) is 1. The summed E-state index contributed by atoms with van der Waals surface area (Å²) in [7, 11) is 0. The SMILES string of the molecule is C#Cc1ccc(O[C@H](C)CCCCC)cc1. The summed E-state index contributed by atoms with van der Waals surface area (Å²) in [5.41, 5.74) is 0.894. The van der Waals surface area contributed by atoms with Crippen molar-refractivity contribution < 1.29 is 4.74 Å². The van der Waals surface area contributed by atoms with Crippen molar-refractivity contribution in [3.05, 3.63) is 29.8 Å². The molecular weight excluding hydrogens is 196 g/mol. The van der Waals surface area contributed by atoms with Crippen LogP contribution >= 0.6 is 0 Å². The summed E-state index contributed by atoms with van der Waals surface area (Å²) >= 11 is 0. The molecule has 1 atom stereocenters. The average Bonchev–Trinajstić information content (AvgIpc) is 2.30. The van der Waals surface area contributed by atoms with Crippen LogP contribution in [0.1, 0.15) is 45.1 Å². The molecule has 0 saturated heterocycles. The van der Waals surface area contributed by atoms with Crippen molar-refractivity contribution >= 4 is 0 Å². The van der Waals surface area contributed by atoms with Crippen LogP contribution in [0.25, 0.3) is 0 Å². The highest BCUT2D eigenvalue weighted by atomic mass is 16.5. The maximum absolute atomic E-state index is 5.79. The van der Waals surface area contributed by atoms with E-state index >= 15 is 0 Å². The lowest BCUT2D eigenvalue weighted by molar-refractivity contribution is 0.206. The van der Waals surface area contributed by atoms with Crippen LogP contribution < -0.4 is 4.74 Å². The molecule has 0 aliphatic heterocycles. The van der Waals surface area contributed by atoms with Gasteiger partial charge in [-0.05, 0) is 44.0 Å². The molecule has 0 aliphatic rings. The number of benzene rings is 1. The fraction of sp³-hybridized carbons (Fsp3) is 0.467. The average molecular weight is 216 g/mol. The van der Waals surface area contributed by atoms with E-state index in [2.05, 4.69) is 19.8 Å². The Bertz CT molecular complexity index is 331. The first-order valence-electron chi connectivity index (χ1n) is 5.99. The normalized spacial score (nSPS) is 11.8. The number of hydrogen-bond donors (Lipinski definition) is 0. The molecule has 1 heteroatoms. The first-order valence-corrected chi connectivity index (χ1v) is 5.99. The maximum atomic E-state index is 5.79. The zero-order valence-electron chi connectivity index (χ0n) is 10.2. The third kappa shape index (κ3) is 4.40. The van der Waals surface area contributed by atoms with Gasteiger partial charge in [0, 0.05) is 5.56 Å². The van der Waals surface area contributed by atoms with E-state index < -0.39 is 0 Å². The lowest BCUT2D eigenvalue weighted by Crippen LogP contribution is -2.11. The summed E-state index contributed by atoms with van der Waals surface area (Å²) in [6.45, 7) is 4.33. The number of hydrogen-bond acceptors (Lipinski definition) is 1. The summed E-state index contributed by atoms with van der Waals surface area (Å²) in [6.07, 6.45) is 10.5. The van der Waals surface area contributed by atoms with Crippen LogP contribution in [0.3, 0.4) is 0 Å². The predicted octanol–water partition coefficient (Wildman–Crippen LogP) is 4.02. The van der Waals surface area contributed by atoms with Gasteiger partial charge in [0.05, 0.1) is 6.10 Å². The van der Waals surface area contributed by atoms with Crippen molar-refractivity contribution in [3.63, 3.8) is 0 Å². The zero-order chi connectivity index (χ0) is 11.8. The van der Waals surface area contributed by atoms with Crippen LogP contribution in [0.2, 0.25) is 0 Å². The van der Waals surface area contributed by atoms with Gasteiger partial charge in [0.25, 0.3) is 0 Å². The molecule has 0 heterocycles. The van der Waals surface area contributed by atoms with Gasteiger partial charge in [-0.2, -0.15) is 0 Å². The van der Waals surface area contributed by atoms with Gasteiger partial charge in [-0.3, -0.25) is 0 Å². The fourth-order valence-electron chi connectivity index (χ4n) is 1.60. The Balaban J connectivity index is 2.38. The van der Waals surface area contributed by atoms with Crippen LogP contribution in [0.5, 0.6) is 5.75 Å². The summed E-state index contributed by atoms with van der Waals surface area (Å²) in [4.78, 5) is 0. The second kappa shape index (κ2) is 6.95. The third-order valence-corrected chi connectivity index (χ3v) is 2.57. The Hall–Kier alpha value is -1.42. The molecule has 1 aromatic rings. The van der Waals surface area contributed by atoms with Crippen molar-refractivity contribution in [3.8, 4) is 18.1 Å². The van der Waals surface area contributed by atoms with Crippen molar-refractivity contribution in [2.24, 2.45) is 0 Å². The first kappa shape index (κ1) is 12.6. The van der Waals surface area contributed by atoms with Crippen LogP contribution in [0.4, 0.5) is 0 Å². The zero-order valence-corrected chi connectivity index (χ0v) is 10.2. The topological polar surface area (TPSA) is 9.23 Å². The van der Waals surface area contributed by atoms with Crippen molar-refractivity contribution in [1.82, 2.24) is 0 Å². The lowest BCUT2D eigenvalue weighted by atomic mass is 10.1. The van der Waals surface area contributed by atoms with Crippen LogP contribution in [-0.4, -0.2) is 6.10 Å². The van der Waals surface area contributed by atoms with E-state index in [9.17, 15) is 0 Å². The molecule has 1 nitrogen and oxygen atoms in total. The molecule has 0 aromatic heterocycles. The fourth-order valence-corrected chi connectivity index (χ4v) is 1.60. The van der Waals surface area contributed by atoms with E-state index in [1.54, 1.807) is 0 Å². The minimum absolute atomic E-state index is 0.281. The quantitative estimate of drug-likeness (QED) is 0.515. The molecule has 0 saturated carbocycles. The smallest absolute Gasteiger partial charge is 0.119 e. The maximum Gasteiger partial charge on any atom is 0.119 e. The van der Waals surface area contributed by atoms with Crippen LogP contribution in [0, 0.1) is 12.3 Å². The Morgan fingerprint density at radius 1 is 1.25 bits per heavy atom. The largest absolute Gasteiger partial charge is 0.491 e. The van der Waals surface area contributed by atoms with E-state index in [1.807, 2.05) is 24.3 Å². The molecule has 0 N–H and O–H groups in total. The Kier molecular flexibility index (Phi) is 5.50. The van der Waals surface area contributed by atoms with Crippen LogP contribution in [-0.2, 0) is 0 Å². The van der Waals surface area contributed by atoms with Crippen molar-refractivity contribution in [2.75, 3.05) is 0 Å². The molecule has 16 heavy (non-hydrogen) atoms. The number of rotatable bonds is 6. The van der Waals surface area contributed by atoms with Gasteiger partial charge in [-0.25, -0.2) is 0 Å². The Morgan fingerprint density at radius 3 is 2.50 bits per heavy atom. The standard InChI is InChI=1S/C15H20O/c1-4-6-7-8-13(3)16-15-11-9-14(5-2)10-12-15/h2,9-13H,4,6-8H2,1,3H3/t13-/m1/s1. The first-order chi connectivity index (χ1) is 7.76. The van der Waals surface area contributed by atoms with Gasteiger partial charge < -0.3 is 4.74 Å². The summed E-state index contributed by atoms with van der Waals surface area (Å²) in [6, 6.07) is 7.69. The minimum atomic E-state index is 0.281. The number of unbranched alkanes of at least 4 members (excludes halogenated alkanes) is 2. The Morgan fingerprint density at radius 2 is 1.94 bits per heavy atom. The molecular formula is C15H20O. The molecule has 0 amide bonds. The van der Waals surface area contributed by atoms with E-state index in [1.165, 1.54) is 19.3 Å². The van der Waals surface area contributed by atoms with Gasteiger partial charge in [0.1, 0.15) is 5.75 Å². The lowest BCUT2D eigenvalue weighted by Gasteiger charge is -2.14.